The van der Waals surface area contributed by atoms with Crippen LogP contribution in [0.2, 0.25) is 5.02 Å². The van der Waals surface area contributed by atoms with Crippen molar-refractivity contribution < 1.29 is 4.79 Å². The number of hydrogen-bond acceptors (Lipinski definition) is 3. The molecule has 0 aliphatic heterocycles. The van der Waals surface area contributed by atoms with Crippen molar-refractivity contribution in [2.24, 2.45) is 0 Å². The van der Waals surface area contributed by atoms with Gasteiger partial charge in [-0.05, 0) is 49.6 Å². The lowest BCUT2D eigenvalue weighted by atomic mass is 10.2. The lowest BCUT2D eigenvalue weighted by Crippen LogP contribution is -2.26. The molecule has 3 rings (SSSR count). The lowest BCUT2D eigenvalue weighted by molar-refractivity contribution is 0.0946. The molecule has 0 unspecified atom stereocenters. The highest BCUT2D eigenvalue weighted by molar-refractivity contribution is 6.30. The number of hydrogen-bond donors (Lipinski definition) is 2. The number of nitrogens with zero attached hydrogens (tertiary/aromatic N) is 1. The molecule has 1 aromatic carbocycles. The average molecular weight is 302 g/mol. The van der Waals surface area contributed by atoms with Crippen molar-refractivity contribution in [3.8, 4) is 0 Å². The number of halogens is 1. The third kappa shape index (κ3) is 3.52. The summed E-state index contributed by atoms with van der Waals surface area (Å²) >= 11 is 6.00. The summed E-state index contributed by atoms with van der Waals surface area (Å²) in [5, 5.41) is 6.85. The fourth-order valence-corrected chi connectivity index (χ4v) is 2.15. The zero-order valence-electron chi connectivity index (χ0n) is 11.7. The van der Waals surface area contributed by atoms with E-state index in [0.717, 1.165) is 29.8 Å². The standard InChI is InChI=1S/C16H16ClN3O/c1-10-2-3-11(17)8-15(10)19-13-6-7-14(18-9-13)16(21)20-12-4-5-12/h2-3,6-9,12,19H,4-5H2,1H3,(H,20,21). The highest BCUT2D eigenvalue weighted by Crippen LogP contribution is 2.24. The lowest BCUT2D eigenvalue weighted by Gasteiger charge is -2.10. The molecule has 108 valence electrons. The Hall–Kier alpha value is -2.07. The van der Waals surface area contributed by atoms with Crippen LogP contribution in [-0.2, 0) is 0 Å². The Bertz CT molecular complexity index is 666. The summed E-state index contributed by atoms with van der Waals surface area (Å²) in [5.74, 6) is -0.108. The predicted octanol–water partition coefficient (Wildman–Crippen LogP) is 3.68. The molecular weight excluding hydrogens is 286 g/mol. The molecule has 0 radical (unpaired) electrons. The van der Waals surface area contributed by atoms with Gasteiger partial charge in [0.05, 0.1) is 11.9 Å². The number of carbonyl (C=O) groups excluding carboxylic acids is 1. The van der Waals surface area contributed by atoms with Crippen molar-refractivity contribution in [3.05, 3.63) is 52.8 Å². The van der Waals surface area contributed by atoms with Crippen molar-refractivity contribution in [1.82, 2.24) is 10.3 Å². The Morgan fingerprint density at radius 1 is 1.29 bits per heavy atom. The van der Waals surface area contributed by atoms with Crippen LogP contribution in [0.3, 0.4) is 0 Å². The molecular formula is C16H16ClN3O. The van der Waals surface area contributed by atoms with E-state index in [1.54, 1.807) is 12.3 Å². The van der Waals surface area contributed by atoms with E-state index in [9.17, 15) is 4.79 Å². The SMILES string of the molecule is Cc1ccc(Cl)cc1Nc1ccc(C(=O)NC2CC2)nc1. The van der Waals surface area contributed by atoms with E-state index in [2.05, 4.69) is 15.6 Å². The minimum absolute atomic E-state index is 0.108. The monoisotopic (exact) mass is 301 g/mol. The quantitative estimate of drug-likeness (QED) is 0.906. The number of benzene rings is 1. The van der Waals surface area contributed by atoms with Gasteiger partial charge in [-0.1, -0.05) is 17.7 Å². The first-order valence-electron chi connectivity index (χ1n) is 6.92. The fourth-order valence-electron chi connectivity index (χ4n) is 1.97. The summed E-state index contributed by atoms with van der Waals surface area (Å²) in [4.78, 5) is 16.1. The van der Waals surface area contributed by atoms with E-state index in [-0.39, 0.29) is 5.91 Å². The Balaban J connectivity index is 1.71. The molecule has 4 nitrogen and oxygen atoms in total. The Labute approximate surface area is 128 Å². The maximum absolute atomic E-state index is 11.9. The van der Waals surface area contributed by atoms with Gasteiger partial charge in [0, 0.05) is 16.8 Å². The van der Waals surface area contributed by atoms with Crippen LogP contribution >= 0.6 is 11.6 Å². The fraction of sp³-hybridized carbons (Fsp3) is 0.250. The van der Waals surface area contributed by atoms with Gasteiger partial charge in [0.25, 0.3) is 5.91 Å². The predicted molar refractivity (Wildman–Crippen MR) is 84.2 cm³/mol. The van der Waals surface area contributed by atoms with Gasteiger partial charge in [-0.2, -0.15) is 0 Å². The van der Waals surface area contributed by atoms with Gasteiger partial charge in [0.15, 0.2) is 0 Å². The third-order valence-electron chi connectivity index (χ3n) is 3.39. The second-order valence-electron chi connectivity index (χ2n) is 5.26. The highest BCUT2D eigenvalue weighted by Gasteiger charge is 2.24. The molecule has 0 atom stereocenters. The minimum Gasteiger partial charge on any atom is -0.354 e. The van der Waals surface area contributed by atoms with Crippen molar-refractivity contribution in [2.75, 3.05) is 5.32 Å². The van der Waals surface area contributed by atoms with E-state index < -0.39 is 0 Å². The number of aromatic nitrogens is 1. The van der Waals surface area contributed by atoms with Crippen molar-refractivity contribution in [3.63, 3.8) is 0 Å². The van der Waals surface area contributed by atoms with E-state index in [1.807, 2.05) is 31.2 Å². The van der Waals surface area contributed by atoms with Crippen LogP contribution in [0.15, 0.2) is 36.5 Å². The first-order chi connectivity index (χ1) is 10.1. The van der Waals surface area contributed by atoms with Crippen LogP contribution in [0.1, 0.15) is 28.9 Å². The maximum Gasteiger partial charge on any atom is 0.270 e. The van der Waals surface area contributed by atoms with Gasteiger partial charge in [0.1, 0.15) is 5.69 Å². The molecule has 1 aromatic heterocycles. The normalized spacial score (nSPS) is 13.8. The van der Waals surface area contributed by atoms with Crippen molar-refractivity contribution >= 4 is 28.9 Å². The molecule has 1 aliphatic carbocycles. The molecule has 1 aliphatic rings. The van der Waals surface area contributed by atoms with E-state index in [4.69, 9.17) is 11.6 Å². The van der Waals surface area contributed by atoms with Crippen LogP contribution in [0.25, 0.3) is 0 Å². The van der Waals surface area contributed by atoms with E-state index in [0.29, 0.717) is 16.8 Å². The molecule has 1 saturated carbocycles. The molecule has 5 heteroatoms. The van der Waals surface area contributed by atoms with Crippen molar-refractivity contribution in [1.29, 1.82) is 0 Å². The number of anilines is 2. The van der Waals surface area contributed by atoms with Crippen LogP contribution < -0.4 is 10.6 Å². The molecule has 2 aromatic rings. The molecule has 1 amide bonds. The van der Waals surface area contributed by atoms with Gasteiger partial charge in [-0.25, -0.2) is 4.98 Å². The van der Waals surface area contributed by atoms with Gasteiger partial charge in [-0.15, -0.1) is 0 Å². The molecule has 2 N–H and O–H groups in total. The average Bonchev–Trinajstić information content (AvgIpc) is 3.27. The van der Waals surface area contributed by atoms with E-state index >= 15 is 0 Å². The van der Waals surface area contributed by atoms with Gasteiger partial charge >= 0.3 is 0 Å². The summed E-state index contributed by atoms with van der Waals surface area (Å²) in [6.07, 6.45) is 3.79. The third-order valence-corrected chi connectivity index (χ3v) is 3.62. The topological polar surface area (TPSA) is 54.0 Å². The van der Waals surface area contributed by atoms with Crippen LogP contribution in [0.5, 0.6) is 0 Å². The largest absolute Gasteiger partial charge is 0.354 e. The number of nitrogens with one attached hydrogen (secondary N) is 2. The summed E-state index contributed by atoms with van der Waals surface area (Å²) in [7, 11) is 0. The van der Waals surface area contributed by atoms with Crippen LogP contribution in [0, 0.1) is 6.92 Å². The molecule has 0 saturated heterocycles. The first kappa shape index (κ1) is 13.9. The Kier molecular flexibility index (Phi) is 3.80. The Morgan fingerprint density at radius 3 is 2.76 bits per heavy atom. The second kappa shape index (κ2) is 5.74. The smallest absolute Gasteiger partial charge is 0.270 e. The van der Waals surface area contributed by atoms with Gasteiger partial charge in [-0.3, -0.25) is 4.79 Å². The number of amides is 1. The van der Waals surface area contributed by atoms with Gasteiger partial charge < -0.3 is 10.6 Å². The first-order valence-corrected chi connectivity index (χ1v) is 7.30. The minimum atomic E-state index is -0.108. The second-order valence-corrected chi connectivity index (χ2v) is 5.70. The Morgan fingerprint density at radius 2 is 2.10 bits per heavy atom. The van der Waals surface area contributed by atoms with E-state index in [1.165, 1.54) is 0 Å². The summed E-state index contributed by atoms with van der Waals surface area (Å²) in [5.41, 5.74) is 3.29. The number of aryl methyl sites for hydroxylation is 1. The zero-order valence-corrected chi connectivity index (χ0v) is 12.4. The summed E-state index contributed by atoms with van der Waals surface area (Å²) in [6, 6.07) is 9.58. The van der Waals surface area contributed by atoms with Crippen LogP contribution in [0.4, 0.5) is 11.4 Å². The highest BCUT2D eigenvalue weighted by atomic mass is 35.5. The number of rotatable bonds is 4. The molecule has 1 fully saturated rings. The zero-order chi connectivity index (χ0) is 14.8. The number of pyridine rings is 1. The molecule has 21 heavy (non-hydrogen) atoms. The molecule has 0 spiro atoms. The molecule has 0 bridgehead atoms. The maximum atomic E-state index is 11.9. The number of carbonyl (C=O) groups is 1. The summed E-state index contributed by atoms with van der Waals surface area (Å²) < 4.78 is 0. The van der Waals surface area contributed by atoms with Crippen molar-refractivity contribution in [2.45, 2.75) is 25.8 Å². The summed E-state index contributed by atoms with van der Waals surface area (Å²) in [6.45, 7) is 2.00. The van der Waals surface area contributed by atoms with Crippen LogP contribution in [-0.4, -0.2) is 16.9 Å². The molecule has 1 heterocycles. The van der Waals surface area contributed by atoms with Gasteiger partial charge in [0.2, 0.25) is 0 Å².